The maximum atomic E-state index is 12.8. The lowest BCUT2D eigenvalue weighted by Gasteiger charge is -2.38. The molecule has 4 rings (SSSR count). The quantitative estimate of drug-likeness (QED) is 0.654. The Bertz CT molecular complexity index is 988. The predicted molar refractivity (Wildman–Crippen MR) is 110 cm³/mol. The summed E-state index contributed by atoms with van der Waals surface area (Å²) in [7, 11) is -3.41. The summed E-state index contributed by atoms with van der Waals surface area (Å²) in [5.74, 6) is -0.153. The van der Waals surface area contributed by atoms with E-state index in [2.05, 4.69) is 4.98 Å². The van der Waals surface area contributed by atoms with Crippen molar-refractivity contribution in [3.63, 3.8) is 0 Å². The van der Waals surface area contributed by atoms with Crippen molar-refractivity contribution in [2.75, 3.05) is 26.2 Å². The third-order valence-electron chi connectivity index (χ3n) is 5.64. The second-order valence-corrected chi connectivity index (χ2v) is 11.1. The van der Waals surface area contributed by atoms with Crippen molar-refractivity contribution in [2.45, 2.75) is 23.5 Å². The Labute approximate surface area is 178 Å². The summed E-state index contributed by atoms with van der Waals surface area (Å²) in [5.41, 5.74) is 0.310. The number of halogens is 2. The summed E-state index contributed by atoms with van der Waals surface area (Å²) < 4.78 is 27.4. The SMILES string of the molecule is O=C(c1ccc(Cl)nc1Cl)N1CCC2(CCN(S(=O)(=O)c3cccs3)CC2)C1. The fourth-order valence-corrected chi connectivity index (χ4v) is 7.01. The Hall–Kier alpha value is -1.19. The van der Waals surface area contributed by atoms with Gasteiger partial charge in [-0.2, -0.15) is 4.31 Å². The smallest absolute Gasteiger partial charge is 0.257 e. The van der Waals surface area contributed by atoms with Gasteiger partial charge in [-0.1, -0.05) is 29.3 Å². The number of pyridine rings is 1. The van der Waals surface area contributed by atoms with Crippen LogP contribution < -0.4 is 0 Å². The Kier molecular flexibility index (Phi) is 5.43. The fraction of sp³-hybridized carbons (Fsp3) is 0.444. The average molecular weight is 460 g/mol. The van der Waals surface area contributed by atoms with Crippen molar-refractivity contribution in [3.8, 4) is 0 Å². The van der Waals surface area contributed by atoms with Gasteiger partial charge in [0, 0.05) is 26.2 Å². The van der Waals surface area contributed by atoms with Crippen LogP contribution in [0.15, 0.2) is 33.9 Å². The van der Waals surface area contributed by atoms with Gasteiger partial charge in [-0.3, -0.25) is 4.79 Å². The van der Waals surface area contributed by atoms with Crippen LogP contribution in [0.4, 0.5) is 0 Å². The Morgan fingerprint density at radius 2 is 1.82 bits per heavy atom. The van der Waals surface area contributed by atoms with Crippen LogP contribution >= 0.6 is 34.5 Å². The van der Waals surface area contributed by atoms with E-state index >= 15 is 0 Å². The zero-order valence-corrected chi connectivity index (χ0v) is 18.1. The third kappa shape index (κ3) is 3.68. The van der Waals surface area contributed by atoms with Crippen LogP contribution in [-0.2, 0) is 10.0 Å². The number of carbonyl (C=O) groups is 1. The molecule has 0 bridgehead atoms. The molecule has 0 unspecified atom stereocenters. The lowest BCUT2D eigenvalue weighted by atomic mass is 9.78. The lowest BCUT2D eigenvalue weighted by Crippen LogP contribution is -2.44. The first-order valence-electron chi connectivity index (χ1n) is 8.96. The van der Waals surface area contributed by atoms with Gasteiger partial charge in [-0.25, -0.2) is 13.4 Å². The van der Waals surface area contributed by atoms with Crippen molar-refractivity contribution >= 4 is 50.5 Å². The number of piperidine rings is 1. The normalized spacial score (nSPS) is 20.0. The Balaban J connectivity index is 1.43. The van der Waals surface area contributed by atoms with Gasteiger partial charge < -0.3 is 4.90 Å². The minimum Gasteiger partial charge on any atom is -0.338 e. The standard InChI is InChI=1S/C18H19Cl2N3O3S2/c19-14-4-3-13(16(20)21-14)17(24)22-8-5-18(12-22)6-9-23(10-7-18)28(25,26)15-2-1-11-27-15/h1-4,11H,5-10,12H2. The second kappa shape index (κ2) is 7.57. The van der Waals surface area contributed by atoms with Gasteiger partial charge in [0.25, 0.3) is 15.9 Å². The van der Waals surface area contributed by atoms with Gasteiger partial charge in [0.05, 0.1) is 5.56 Å². The summed E-state index contributed by atoms with van der Waals surface area (Å²) >= 11 is 13.1. The minimum absolute atomic E-state index is 0.0382. The molecule has 6 nitrogen and oxygen atoms in total. The van der Waals surface area contributed by atoms with Crippen LogP contribution in [0, 0.1) is 5.41 Å². The Morgan fingerprint density at radius 3 is 2.46 bits per heavy atom. The molecule has 2 saturated heterocycles. The fourth-order valence-electron chi connectivity index (χ4n) is 4.00. The molecule has 2 aliphatic heterocycles. The molecule has 1 amide bonds. The largest absolute Gasteiger partial charge is 0.338 e. The topological polar surface area (TPSA) is 70.6 Å². The highest BCUT2D eigenvalue weighted by atomic mass is 35.5. The number of rotatable bonds is 3. The van der Waals surface area contributed by atoms with E-state index in [1.54, 1.807) is 38.9 Å². The van der Waals surface area contributed by atoms with Crippen LogP contribution in [0.2, 0.25) is 10.3 Å². The highest BCUT2D eigenvalue weighted by Gasteiger charge is 2.44. The zero-order valence-electron chi connectivity index (χ0n) is 15.0. The summed E-state index contributed by atoms with van der Waals surface area (Å²) in [6, 6.07) is 6.55. The van der Waals surface area contributed by atoms with Crippen LogP contribution in [0.5, 0.6) is 0 Å². The van der Waals surface area contributed by atoms with Gasteiger partial charge in [0.1, 0.15) is 14.5 Å². The number of likely N-dealkylation sites (tertiary alicyclic amines) is 1. The molecule has 2 aromatic rings. The highest BCUT2D eigenvalue weighted by molar-refractivity contribution is 7.91. The maximum Gasteiger partial charge on any atom is 0.257 e. The van der Waals surface area contributed by atoms with E-state index in [1.165, 1.54) is 11.3 Å². The molecular weight excluding hydrogens is 441 g/mol. The molecule has 28 heavy (non-hydrogen) atoms. The summed E-state index contributed by atoms with van der Waals surface area (Å²) in [6.45, 7) is 2.20. The molecule has 0 saturated carbocycles. The van der Waals surface area contributed by atoms with E-state index in [9.17, 15) is 13.2 Å². The van der Waals surface area contributed by atoms with E-state index in [-0.39, 0.29) is 21.6 Å². The summed E-state index contributed by atoms with van der Waals surface area (Å²) in [6.07, 6.45) is 2.35. The molecule has 0 radical (unpaired) electrons. The molecule has 0 N–H and O–H groups in total. The monoisotopic (exact) mass is 459 g/mol. The average Bonchev–Trinajstić information content (AvgIpc) is 3.33. The number of thiophene rings is 1. The van der Waals surface area contributed by atoms with E-state index in [4.69, 9.17) is 23.2 Å². The number of amides is 1. The van der Waals surface area contributed by atoms with Crippen molar-refractivity contribution in [1.82, 2.24) is 14.2 Å². The van der Waals surface area contributed by atoms with Crippen molar-refractivity contribution < 1.29 is 13.2 Å². The van der Waals surface area contributed by atoms with Crippen LogP contribution in [0.25, 0.3) is 0 Å². The van der Waals surface area contributed by atoms with Gasteiger partial charge in [-0.15, -0.1) is 11.3 Å². The van der Waals surface area contributed by atoms with Crippen molar-refractivity contribution in [3.05, 3.63) is 45.5 Å². The molecule has 0 aliphatic carbocycles. The first-order valence-corrected chi connectivity index (χ1v) is 12.0. The number of sulfonamides is 1. The summed E-state index contributed by atoms with van der Waals surface area (Å²) in [5, 5.41) is 2.13. The molecule has 10 heteroatoms. The highest BCUT2D eigenvalue weighted by Crippen LogP contribution is 2.42. The molecule has 2 aliphatic rings. The molecule has 2 aromatic heterocycles. The molecule has 4 heterocycles. The molecule has 150 valence electrons. The number of hydrogen-bond acceptors (Lipinski definition) is 5. The maximum absolute atomic E-state index is 12.8. The first-order chi connectivity index (χ1) is 13.3. The van der Waals surface area contributed by atoms with Crippen LogP contribution in [0.1, 0.15) is 29.6 Å². The number of nitrogens with zero attached hydrogens (tertiary/aromatic N) is 3. The Morgan fingerprint density at radius 1 is 1.11 bits per heavy atom. The number of carbonyl (C=O) groups excluding carboxylic acids is 1. The van der Waals surface area contributed by atoms with Gasteiger partial charge in [0.15, 0.2) is 0 Å². The summed E-state index contributed by atoms with van der Waals surface area (Å²) in [4.78, 5) is 18.6. The molecule has 2 fully saturated rings. The minimum atomic E-state index is -3.41. The molecule has 0 atom stereocenters. The third-order valence-corrected chi connectivity index (χ3v) is 9.41. The molecule has 1 spiro atoms. The molecular formula is C18H19Cl2N3O3S2. The van der Waals surface area contributed by atoms with Crippen LogP contribution in [0.3, 0.4) is 0 Å². The number of hydrogen-bond donors (Lipinski definition) is 0. The molecule has 0 aromatic carbocycles. The van der Waals surface area contributed by atoms with Crippen molar-refractivity contribution in [1.29, 1.82) is 0 Å². The number of aromatic nitrogens is 1. The zero-order chi connectivity index (χ0) is 19.9. The van der Waals surface area contributed by atoms with E-state index in [0.717, 1.165) is 19.3 Å². The second-order valence-electron chi connectivity index (χ2n) is 7.29. The lowest BCUT2D eigenvalue weighted by molar-refractivity contribution is 0.0750. The van der Waals surface area contributed by atoms with E-state index in [1.807, 2.05) is 0 Å². The predicted octanol–water partition coefficient (Wildman–Crippen LogP) is 3.77. The van der Waals surface area contributed by atoms with E-state index in [0.29, 0.717) is 36.0 Å². The van der Waals surface area contributed by atoms with Crippen molar-refractivity contribution in [2.24, 2.45) is 5.41 Å². The van der Waals surface area contributed by atoms with E-state index < -0.39 is 10.0 Å². The van der Waals surface area contributed by atoms with Crippen LogP contribution in [-0.4, -0.2) is 54.7 Å². The first kappa shape index (κ1) is 20.1. The van der Waals surface area contributed by atoms with Gasteiger partial charge in [0.2, 0.25) is 0 Å². The van der Waals surface area contributed by atoms with Gasteiger partial charge in [-0.05, 0) is 48.3 Å². The van der Waals surface area contributed by atoms with Gasteiger partial charge >= 0.3 is 0 Å².